The van der Waals surface area contributed by atoms with Crippen LogP contribution in [0.5, 0.6) is 0 Å². The van der Waals surface area contributed by atoms with Crippen LogP contribution in [0, 0.1) is 12.7 Å². The van der Waals surface area contributed by atoms with E-state index in [0.29, 0.717) is 0 Å². The lowest BCUT2D eigenvalue weighted by atomic mass is 9.81. The van der Waals surface area contributed by atoms with E-state index >= 15 is 0 Å². The van der Waals surface area contributed by atoms with Crippen LogP contribution in [0.3, 0.4) is 0 Å². The van der Waals surface area contributed by atoms with E-state index in [2.05, 4.69) is 36.8 Å². The first-order valence-corrected chi connectivity index (χ1v) is 8.95. The summed E-state index contributed by atoms with van der Waals surface area (Å²) in [6.45, 7) is 2.01. The van der Waals surface area contributed by atoms with Gasteiger partial charge in [-0.1, -0.05) is 44.0 Å². The summed E-state index contributed by atoms with van der Waals surface area (Å²) in [4.78, 5) is 5.56. The average Bonchev–Trinajstić information content (AvgIpc) is 2.82. The summed E-state index contributed by atoms with van der Waals surface area (Å²) in [5.74, 6) is -0.199. The predicted molar refractivity (Wildman–Crippen MR) is 86.2 cm³/mol. The standard InChI is InChI=1S/C14H14Br2FNS/c1-10-18-7-13(19-10)6-14(8-15,9-16)11-2-4-12(17)5-3-11/h2-5,7H,6,8-9H2,1H3. The first kappa shape index (κ1) is 15.1. The SMILES string of the molecule is Cc1ncc(CC(CBr)(CBr)c2ccc(F)cc2)s1. The second-order valence-corrected chi connectivity index (χ2v) is 7.02. The highest BCUT2D eigenvalue weighted by Crippen LogP contribution is 2.34. The summed E-state index contributed by atoms with van der Waals surface area (Å²) in [6.07, 6.45) is 2.82. The van der Waals surface area contributed by atoms with Crippen molar-refractivity contribution in [2.45, 2.75) is 18.8 Å². The van der Waals surface area contributed by atoms with Gasteiger partial charge >= 0.3 is 0 Å². The van der Waals surface area contributed by atoms with Crippen molar-refractivity contribution in [2.75, 3.05) is 10.7 Å². The number of benzene rings is 1. The minimum atomic E-state index is -0.199. The van der Waals surface area contributed by atoms with Crippen molar-refractivity contribution in [3.63, 3.8) is 0 Å². The molecule has 0 atom stereocenters. The zero-order valence-corrected chi connectivity index (χ0v) is 14.5. The Morgan fingerprint density at radius 1 is 1.21 bits per heavy atom. The molecule has 0 saturated carbocycles. The van der Waals surface area contributed by atoms with Crippen molar-refractivity contribution in [3.8, 4) is 0 Å². The molecule has 0 amide bonds. The van der Waals surface area contributed by atoms with Gasteiger partial charge in [0.25, 0.3) is 0 Å². The number of alkyl halides is 2. The number of aryl methyl sites for hydroxylation is 1. The van der Waals surface area contributed by atoms with Crippen LogP contribution in [0.1, 0.15) is 15.4 Å². The average molecular weight is 407 g/mol. The molecule has 19 heavy (non-hydrogen) atoms. The number of nitrogens with zero attached hydrogens (tertiary/aromatic N) is 1. The Morgan fingerprint density at radius 2 is 1.84 bits per heavy atom. The van der Waals surface area contributed by atoms with Crippen LogP contribution < -0.4 is 0 Å². The Balaban J connectivity index is 2.33. The van der Waals surface area contributed by atoms with Crippen molar-refractivity contribution in [1.82, 2.24) is 4.98 Å². The molecule has 0 aliphatic heterocycles. The van der Waals surface area contributed by atoms with E-state index in [4.69, 9.17) is 0 Å². The first-order chi connectivity index (χ1) is 9.09. The third-order valence-corrected chi connectivity index (χ3v) is 6.21. The Kier molecular flexibility index (Phi) is 5.15. The minimum Gasteiger partial charge on any atom is -0.250 e. The lowest BCUT2D eigenvalue weighted by Gasteiger charge is -2.30. The van der Waals surface area contributed by atoms with E-state index < -0.39 is 0 Å². The first-order valence-electron chi connectivity index (χ1n) is 5.89. The fraction of sp³-hybridized carbons (Fsp3) is 0.357. The number of hydrogen-bond donors (Lipinski definition) is 0. The van der Waals surface area contributed by atoms with E-state index in [1.165, 1.54) is 17.0 Å². The Morgan fingerprint density at radius 3 is 2.32 bits per heavy atom. The molecule has 0 saturated heterocycles. The molecule has 0 aliphatic carbocycles. The minimum absolute atomic E-state index is 0.0767. The van der Waals surface area contributed by atoms with Crippen LogP contribution >= 0.6 is 43.2 Å². The van der Waals surface area contributed by atoms with E-state index in [0.717, 1.165) is 27.7 Å². The largest absolute Gasteiger partial charge is 0.250 e. The van der Waals surface area contributed by atoms with E-state index in [1.807, 2.05) is 25.3 Å². The summed E-state index contributed by atoms with van der Waals surface area (Å²) in [7, 11) is 0. The summed E-state index contributed by atoms with van der Waals surface area (Å²) in [5.41, 5.74) is 1.06. The van der Waals surface area contributed by atoms with Gasteiger partial charge in [-0.15, -0.1) is 11.3 Å². The zero-order chi connectivity index (χ0) is 13.9. The van der Waals surface area contributed by atoms with Gasteiger partial charge in [0.15, 0.2) is 0 Å². The van der Waals surface area contributed by atoms with Gasteiger partial charge in [-0.05, 0) is 31.0 Å². The maximum atomic E-state index is 13.1. The molecule has 5 heteroatoms. The summed E-state index contributed by atoms with van der Waals surface area (Å²) < 4.78 is 13.1. The number of rotatable bonds is 5. The molecule has 1 aromatic heterocycles. The maximum Gasteiger partial charge on any atom is 0.123 e. The summed E-state index contributed by atoms with van der Waals surface area (Å²) >= 11 is 8.94. The molecule has 0 unspecified atom stereocenters. The zero-order valence-electron chi connectivity index (χ0n) is 10.5. The van der Waals surface area contributed by atoms with E-state index in [-0.39, 0.29) is 11.2 Å². The fourth-order valence-corrected chi connectivity index (χ4v) is 4.92. The lowest BCUT2D eigenvalue weighted by Crippen LogP contribution is -2.32. The fourth-order valence-electron chi connectivity index (χ4n) is 2.01. The van der Waals surface area contributed by atoms with Crippen LogP contribution in [0.2, 0.25) is 0 Å². The summed E-state index contributed by atoms with van der Waals surface area (Å²) in [6, 6.07) is 6.78. The van der Waals surface area contributed by atoms with Crippen LogP contribution in [-0.4, -0.2) is 15.6 Å². The topological polar surface area (TPSA) is 12.9 Å². The number of halogens is 3. The van der Waals surface area contributed by atoms with Gasteiger partial charge < -0.3 is 0 Å². The Bertz CT molecular complexity index is 535. The van der Waals surface area contributed by atoms with Crippen molar-refractivity contribution in [1.29, 1.82) is 0 Å². The van der Waals surface area contributed by atoms with Gasteiger partial charge in [0.1, 0.15) is 5.82 Å². The molecular weight excluding hydrogens is 393 g/mol. The normalized spacial score (nSPS) is 11.8. The number of hydrogen-bond acceptors (Lipinski definition) is 2. The molecule has 1 heterocycles. The smallest absolute Gasteiger partial charge is 0.123 e. The van der Waals surface area contributed by atoms with Crippen molar-refractivity contribution >= 4 is 43.2 Å². The second-order valence-electron chi connectivity index (χ2n) is 4.58. The van der Waals surface area contributed by atoms with Crippen LogP contribution in [0.15, 0.2) is 30.5 Å². The lowest BCUT2D eigenvalue weighted by molar-refractivity contribution is 0.552. The van der Waals surface area contributed by atoms with Crippen LogP contribution in [-0.2, 0) is 11.8 Å². The van der Waals surface area contributed by atoms with E-state index in [9.17, 15) is 4.39 Å². The van der Waals surface area contributed by atoms with Gasteiger partial charge in [-0.25, -0.2) is 9.37 Å². The van der Waals surface area contributed by atoms with Crippen molar-refractivity contribution in [2.24, 2.45) is 0 Å². The Hall–Kier alpha value is -0.260. The molecule has 1 nitrogen and oxygen atoms in total. The highest BCUT2D eigenvalue weighted by atomic mass is 79.9. The van der Waals surface area contributed by atoms with E-state index in [1.54, 1.807) is 11.3 Å². The van der Waals surface area contributed by atoms with Gasteiger partial charge in [0.05, 0.1) is 5.01 Å². The Labute approximate surface area is 133 Å². The third-order valence-electron chi connectivity index (χ3n) is 3.15. The van der Waals surface area contributed by atoms with Gasteiger partial charge in [-0.2, -0.15) is 0 Å². The van der Waals surface area contributed by atoms with Gasteiger partial charge in [-0.3, -0.25) is 0 Å². The van der Waals surface area contributed by atoms with Crippen LogP contribution in [0.25, 0.3) is 0 Å². The molecule has 2 aromatic rings. The molecule has 0 aliphatic rings. The van der Waals surface area contributed by atoms with Gasteiger partial charge in [0.2, 0.25) is 0 Å². The van der Waals surface area contributed by atoms with Crippen molar-refractivity contribution < 1.29 is 4.39 Å². The monoisotopic (exact) mass is 405 g/mol. The predicted octanol–water partition coefficient (Wildman–Crippen LogP) is 4.86. The van der Waals surface area contributed by atoms with Crippen molar-refractivity contribution in [3.05, 3.63) is 51.7 Å². The quantitative estimate of drug-likeness (QED) is 0.646. The summed E-state index contributed by atoms with van der Waals surface area (Å²) in [5, 5.41) is 2.70. The maximum absolute atomic E-state index is 13.1. The second kappa shape index (κ2) is 6.46. The molecule has 102 valence electrons. The molecular formula is C14H14Br2FNS. The number of aromatic nitrogens is 1. The molecule has 0 N–H and O–H groups in total. The third kappa shape index (κ3) is 3.44. The molecule has 0 spiro atoms. The highest BCUT2D eigenvalue weighted by molar-refractivity contribution is 9.09. The molecule has 0 radical (unpaired) electrons. The molecule has 2 rings (SSSR count). The molecule has 0 bridgehead atoms. The highest BCUT2D eigenvalue weighted by Gasteiger charge is 2.31. The molecule has 1 aromatic carbocycles. The van der Waals surface area contributed by atoms with Crippen LogP contribution in [0.4, 0.5) is 4.39 Å². The number of thiazole rings is 1. The molecule has 0 fully saturated rings. The van der Waals surface area contributed by atoms with Gasteiger partial charge in [0, 0.05) is 27.1 Å².